The van der Waals surface area contributed by atoms with E-state index in [1.807, 2.05) is 29.8 Å². The first kappa shape index (κ1) is 12.7. The predicted molar refractivity (Wildman–Crippen MR) is 73.9 cm³/mol. The van der Waals surface area contributed by atoms with Gasteiger partial charge in [0.15, 0.2) is 0 Å². The highest BCUT2D eigenvalue weighted by molar-refractivity contribution is 9.10. The first-order valence-corrected chi connectivity index (χ1v) is 7.01. The lowest BCUT2D eigenvalue weighted by Gasteiger charge is -2.23. The second-order valence-electron chi connectivity index (χ2n) is 4.27. The van der Waals surface area contributed by atoms with E-state index in [1.54, 1.807) is 11.3 Å². The molecule has 0 radical (unpaired) electrons. The minimum atomic E-state index is -0.127. The van der Waals surface area contributed by atoms with E-state index in [4.69, 9.17) is 0 Å². The van der Waals surface area contributed by atoms with Gasteiger partial charge in [-0.15, -0.1) is 11.3 Å². The number of hydrogen-bond acceptors (Lipinski definition) is 4. The predicted octanol–water partition coefficient (Wildman–Crippen LogP) is 3.33. The van der Waals surface area contributed by atoms with Gasteiger partial charge in [0.2, 0.25) is 0 Å². The van der Waals surface area contributed by atoms with Gasteiger partial charge < -0.3 is 5.32 Å². The van der Waals surface area contributed by atoms with Crippen LogP contribution in [0, 0.1) is 0 Å². The maximum Gasteiger partial charge on any atom is 0.112 e. The normalized spacial score (nSPS) is 11.7. The lowest BCUT2D eigenvalue weighted by molar-refractivity contribution is 0.396. The van der Waals surface area contributed by atoms with E-state index in [0.717, 1.165) is 21.8 Å². The highest BCUT2D eigenvalue weighted by atomic mass is 79.9. The fourth-order valence-electron chi connectivity index (χ4n) is 1.47. The van der Waals surface area contributed by atoms with Crippen molar-refractivity contribution in [3.63, 3.8) is 0 Å². The summed E-state index contributed by atoms with van der Waals surface area (Å²) in [4.78, 5) is 8.74. The zero-order valence-electron chi connectivity index (χ0n) is 9.77. The van der Waals surface area contributed by atoms with Crippen LogP contribution in [0.3, 0.4) is 0 Å². The molecular weight excluding hydrogens is 298 g/mol. The summed E-state index contributed by atoms with van der Waals surface area (Å²) in [5.74, 6) is 0. The Morgan fingerprint density at radius 2 is 2.24 bits per heavy atom. The van der Waals surface area contributed by atoms with Gasteiger partial charge in [0.1, 0.15) is 9.61 Å². The molecule has 0 bridgehead atoms. The zero-order valence-corrected chi connectivity index (χ0v) is 12.2. The topological polar surface area (TPSA) is 37.8 Å². The molecule has 2 aromatic heterocycles. The molecule has 3 nitrogen and oxygen atoms in total. The van der Waals surface area contributed by atoms with Crippen molar-refractivity contribution in [2.75, 3.05) is 0 Å². The number of nitrogens with one attached hydrogen (secondary N) is 1. The van der Waals surface area contributed by atoms with Crippen LogP contribution in [0.2, 0.25) is 0 Å². The standard InChI is InChI=1S/C12H14BrN3S/c1-12(2,11-14-6-7-17-11)15-8-9-4-3-5-10(13)16-9/h3-7,15H,8H2,1-2H3. The van der Waals surface area contributed by atoms with E-state index in [2.05, 4.69) is 45.1 Å². The Morgan fingerprint density at radius 1 is 1.41 bits per heavy atom. The third-order valence-corrected chi connectivity index (χ3v) is 3.99. The lowest BCUT2D eigenvalue weighted by Crippen LogP contribution is -2.36. The van der Waals surface area contributed by atoms with Crippen molar-refractivity contribution < 1.29 is 0 Å². The summed E-state index contributed by atoms with van der Waals surface area (Å²) in [6.07, 6.45) is 1.83. The maximum atomic E-state index is 4.39. The van der Waals surface area contributed by atoms with Crippen molar-refractivity contribution in [1.29, 1.82) is 0 Å². The number of nitrogens with zero attached hydrogens (tertiary/aromatic N) is 2. The van der Waals surface area contributed by atoms with Gasteiger partial charge in [-0.3, -0.25) is 0 Å². The molecule has 0 unspecified atom stereocenters. The largest absolute Gasteiger partial charge is 0.300 e. The quantitative estimate of drug-likeness (QED) is 0.880. The minimum Gasteiger partial charge on any atom is -0.300 e. The van der Waals surface area contributed by atoms with Crippen LogP contribution in [-0.4, -0.2) is 9.97 Å². The highest BCUT2D eigenvalue weighted by Crippen LogP contribution is 2.22. The van der Waals surface area contributed by atoms with Crippen LogP contribution in [0.1, 0.15) is 24.5 Å². The van der Waals surface area contributed by atoms with Crippen LogP contribution in [-0.2, 0) is 12.1 Å². The van der Waals surface area contributed by atoms with Crippen LogP contribution in [0.25, 0.3) is 0 Å². The van der Waals surface area contributed by atoms with E-state index in [0.29, 0.717) is 0 Å². The van der Waals surface area contributed by atoms with Crippen molar-refractivity contribution in [1.82, 2.24) is 15.3 Å². The minimum absolute atomic E-state index is 0.127. The summed E-state index contributed by atoms with van der Waals surface area (Å²) in [6.45, 7) is 4.99. The molecule has 0 aliphatic carbocycles. The van der Waals surface area contributed by atoms with E-state index in [-0.39, 0.29) is 5.54 Å². The molecule has 2 heterocycles. The average molecular weight is 312 g/mol. The zero-order chi connectivity index (χ0) is 12.3. The Balaban J connectivity index is 2.03. The number of hydrogen-bond donors (Lipinski definition) is 1. The summed E-state index contributed by atoms with van der Waals surface area (Å²) < 4.78 is 0.865. The van der Waals surface area contributed by atoms with Gasteiger partial charge >= 0.3 is 0 Å². The average Bonchev–Trinajstić information content (AvgIpc) is 2.81. The molecule has 0 aromatic carbocycles. The van der Waals surface area contributed by atoms with Gasteiger partial charge in [-0.25, -0.2) is 9.97 Å². The summed E-state index contributed by atoms with van der Waals surface area (Å²) in [6, 6.07) is 5.93. The Kier molecular flexibility index (Phi) is 3.91. The molecule has 0 saturated carbocycles. The lowest BCUT2D eigenvalue weighted by atomic mass is 10.1. The molecule has 2 aromatic rings. The second kappa shape index (κ2) is 5.25. The maximum absolute atomic E-state index is 4.39. The second-order valence-corrected chi connectivity index (χ2v) is 5.97. The van der Waals surface area contributed by atoms with Crippen molar-refractivity contribution in [3.05, 3.63) is 45.1 Å². The van der Waals surface area contributed by atoms with Crippen molar-refractivity contribution in [2.24, 2.45) is 0 Å². The number of halogens is 1. The highest BCUT2D eigenvalue weighted by Gasteiger charge is 2.22. The van der Waals surface area contributed by atoms with Crippen LogP contribution in [0.4, 0.5) is 0 Å². The van der Waals surface area contributed by atoms with Crippen LogP contribution < -0.4 is 5.32 Å². The molecule has 0 saturated heterocycles. The number of rotatable bonds is 4. The van der Waals surface area contributed by atoms with E-state index < -0.39 is 0 Å². The monoisotopic (exact) mass is 311 g/mol. The Morgan fingerprint density at radius 3 is 2.88 bits per heavy atom. The van der Waals surface area contributed by atoms with Crippen LogP contribution >= 0.6 is 27.3 Å². The van der Waals surface area contributed by atoms with E-state index in [1.165, 1.54) is 0 Å². The molecule has 0 amide bonds. The Bertz CT molecular complexity index is 482. The van der Waals surface area contributed by atoms with E-state index >= 15 is 0 Å². The Hall–Kier alpha value is -0.780. The first-order chi connectivity index (χ1) is 8.08. The molecule has 0 fully saturated rings. The first-order valence-electron chi connectivity index (χ1n) is 5.34. The molecule has 0 aliphatic heterocycles. The van der Waals surface area contributed by atoms with Crippen LogP contribution in [0.15, 0.2) is 34.4 Å². The van der Waals surface area contributed by atoms with Gasteiger partial charge in [-0.1, -0.05) is 6.07 Å². The molecule has 1 N–H and O–H groups in total. The molecule has 90 valence electrons. The summed E-state index contributed by atoms with van der Waals surface area (Å²) in [5.41, 5.74) is 0.891. The molecule has 17 heavy (non-hydrogen) atoms. The summed E-state index contributed by atoms with van der Waals surface area (Å²) >= 11 is 5.04. The number of pyridine rings is 1. The van der Waals surface area contributed by atoms with Crippen molar-refractivity contribution in [3.8, 4) is 0 Å². The van der Waals surface area contributed by atoms with Crippen molar-refractivity contribution in [2.45, 2.75) is 25.9 Å². The van der Waals surface area contributed by atoms with Gasteiger partial charge in [-0.05, 0) is 41.9 Å². The van der Waals surface area contributed by atoms with Gasteiger partial charge in [0.25, 0.3) is 0 Å². The fourth-order valence-corrected chi connectivity index (χ4v) is 2.59. The third-order valence-electron chi connectivity index (χ3n) is 2.45. The van der Waals surface area contributed by atoms with Gasteiger partial charge in [0, 0.05) is 18.1 Å². The SMILES string of the molecule is CC(C)(NCc1cccc(Br)n1)c1nccs1. The molecule has 5 heteroatoms. The van der Waals surface area contributed by atoms with Gasteiger partial charge in [0.05, 0.1) is 11.2 Å². The van der Waals surface area contributed by atoms with E-state index in [9.17, 15) is 0 Å². The van der Waals surface area contributed by atoms with Crippen LogP contribution in [0.5, 0.6) is 0 Å². The third kappa shape index (κ3) is 3.34. The number of aromatic nitrogens is 2. The molecular formula is C12H14BrN3S. The fraction of sp³-hybridized carbons (Fsp3) is 0.333. The van der Waals surface area contributed by atoms with Crippen molar-refractivity contribution >= 4 is 27.3 Å². The van der Waals surface area contributed by atoms with Gasteiger partial charge in [-0.2, -0.15) is 0 Å². The Labute approximate surface area is 113 Å². The molecule has 0 spiro atoms. The smallest absolute Gasteiger partial charge is 0.112 e. The molecule has 0 atom stereocenters. The molecule has 0 aliphatic rings. The number of thiazole rings is 1. The summed E-state index contributed by atoms with van der Waals surface area (Å²) in [7, 11) is 0. The summed E-state index contributed by atoms with van der Waals surface area (Å²) in [5, 5.41) is 6.56. The molecule has 2 rings (SSSR count).